The van der Waals surface area contributed by atoms with E-state index in [2.05, 4.69) is 10.6 Å². The van der Waals surface area contributed by atoms with Crippen LogP contribution in [0.5, 0.6) is 5.75 Å². The number of halogens is 1. The van der Waals surface area contributed by atoms with Gasteiger partial charge >= 0.3 is 0 Å². The maximum absolute atomic E-state index is 12.9. The minimum absolute atomic E-state index is 0.280. The molecule has 1 unspecified atom stereocenters. The summed E-state index contributed by atoms with van der Waals surface area (Å²) in [5.74, 6) is -0.187. The zero-order chi connectivity index (χ0) is 18.4. The van der Waals surface area contributed by atoms with Crippen LogP contribution in [0.15, 0.2) is 78.9 Å². The van der Waals surface area contributed by atoms with Crippen LogP contribution in [0, 0.1) is 5.82 Å². The van der Waals surface area contributed by atoms with Crippen molar-refractivity contribution >= 4 is 23.0 Å². The first kappa shape index (κ1) is 17.5. The Bertz CT molecular complexity index is 849. The van der Waals surface area contributed by atoms with Gasteiger partial charge in [-0.15, -0.1) is 0 Å². The average Bonchev–Trinajstić information content (AvgIpc) is 2.66. The van der Waals surface area contributed by atoms with Gasteiger partial charge in [-0.1, -0.05) is 18.2 Å². The number of benzene rings is 3. The molecule has 0 aromatic heterocycles. The predicted molar refractivity (Wildman–Crippen MR) is 101 cm³/mol. The Morgan fingerprint density at radius 2 is 1.42 bits per heavy atom. The summed E-state index contributed by atoms with van der Waals surface area (Å²) in [6.45, 7) is 1.64. The Kier molecular flexibility index (Phi) is 5.49. The van der Waals surface area contributed by atoms with Crippen LogP contribution in [0.25, 0.3) is 0 Å². The molecule has 5 heteroatoms. The predicted octanol–water partition coefficient (Wildman–Crippen LogP) is 4.98. The van der Waals surface area contributed by atoms with Crippen molar-refractivity contribution in [2.45, 2.75) is 13.0 Å². The van der Waals surface area contributed by atoms with Gasteiger partial charge in [0.05, 0.1) is 0 Å². The lowest BCUT2D eigenvalue weighted by atomic mass is 10.2. The Morgan fingerprint density at radius 1 is 0.846 bits per heavy atom. The summed E-state index contributed by atoms with van der Waals surface area (Å²) in [7, 11) is 0. The summed E-state index contributed by atoms with van der Waals surface area (Å²) in [5, 5.41) is 6.07. The van der Waals surface area contributed by atoms with Crippen LogP contribution in [0.4, 0.5) is 21.5 Å². The maximum atomic E-state index is 12.9. The number of ether oxygens (including phenoxy) is 1. The number of carbonyl (C=O) groups excluding carboxylic acids is 1. The molecule has 132 valence electrons. The van der Waals surface area contributed by atoms with Gasteiger partial charge in [0, 0.05) is 17.1 Å². The van der Waals surface area contributed by atoms with Gasteiger partial charge in [-0.3, -0.25) is 4.79 Å². The zero-order valence-corrected chi connectivity index (χ0v) is 14.3. The number of carbonyl (C=O) groups is 1. The van der Waals surface area contributed by atoms with Gasteiger partial charge in [-0.05, 0) is 67.6 Å². The van der Waals surface area contributed by atoms with Crippen molar-refractivity contribution in [2.24, 2.45) is 0 Å². The summed E-state index contributed by atoms with van der Waals surface area (Å²) in [4.78, 5) is 12.2. The lowest BCUT2D eigenvalue weighted by Crippen LogP contribution is -2.30. The molecule has 0 aliphatic carbocycles. The Balaban J connectivity index is 1.56. The molecule has 0 aliphatic rings. The Labute approximate surface area is 151 Å². The maximum Gasteiger partial charge on any atom is 0.265 e. The molecule has 0 fully saturated rings. The SMILES string of the molecule is CC(Oc1ccc(F)cc1)C(=O)Nc1ccc(Nc2ccccc2)cc1. The molecule has 0 heterocycles. The third kappa shape index (κ3) is 4.83. The average molecular weight is 350 g/mol. The molecule has 1 atom stereocenters. The fourth-order valence-electron chi connectivity index (χ4n) is 2.34. The monoisotopic (exact) mass is 350 g/mol. The number of rotatable bonds is 6. The molecule has 0 radical (unpaired) electrons. The highest BCUT2D eigenvalue weighted by Gasteiger charge is 2.15. The Morgan fingerprint density at radius 3 is 2.08 bits per heavy atom. The largest absolute Gasteiger partial charge is 0.481 e. The van der Waals surface area contributed by atoms with Crippen molar-refractivity contribution in [3.8, 4) is 5.75 Å². The van der Waals surface area contributed by atoms with E-state index in [1.807, 2.05) is 54.6 Å². The van der Waals surface area contributed by atoms with E-state index < -0.39 is 6.10 Å². The highest BCUT2D eigenvalue weighted by Crippen LogP contribution is 2.19. The first-order valence-electron chi connectivity index (χ1n) is 8.25. The van der Waals surface area contributed by atoms with E-state index in [9.17, 15) is 9.18 Å². The molecule has 0 saturated carbocycles. The standard InChI is InChI=1S/C21H19FN2O2/c1-15(26-20-13-7-16(22)8-14-20)21(25)24-19-11-9-18(10-12-19)23-17-5-3-2-4-6-17/h2-15,23H,1H3,(H,24,25). The van der Waals surface area contributed by atoms with E-state index in [1.165, 1.54) is 24.3 Å². The summed E-state index contributed by atoms with van der Waals surface area (Å²) in [5.41, 5.74) is 2.58. The Hall–Kier alpha value is -3.34. The van der Waals surface area contributed by atoms with Gasteiger partial charge in [-0.25, -0.2) is 4.39 Å². The minimum atomic E-state index is -0.706. The van der Waals surface area contributed by atoms with E-state index in [0.29, 0.717) is 11.4 Å². The number of nitrogens with one attached hydrogen (secondary N) is 2. The van der Waals surface area contributed by atoms with E-state index in [0.717, 1.165) is 11.4 Å². The lowest BCUT2D eigenvalue weighted by Gasteiger charge is -2.15. The smallest absolute Gasteiger partial charge is 0.265 e. The number of hydrogen-bond acceptors (Lipinski definition) is 3. The van der Waals surface area contributed by atoms with Gasteiger partial charge in [0.15, 0.2) is 6.10 Å². The first-order valence-corrected chi connectivity index (χ1v) is 8.25. The van der Waals surface area contributed by atoms with Crippen LogP contribution in [-0.4, -0.2) is 12.0 Å². The van der Waals surface area contributed by atoms with Crippen molar-refractivity contribution in [3.05, 3.63) is 84.7 Å². The molecular weight excluding hydrogens is 331 g/mol. The lowest BCUT2D eigenvalue weighted by molar-refractivity contribution is -0.122. The van der Waals surface area contributed by atoms with E-state index in [1.54, 1.807) is 6.92 Å². The third-order valence-corrected chi connectivity index (χ3v) is 3.71. The van der Waals surface area contributed by atoms with Gasteiger partial charge in [0.1, 0.15) is 11.6 Å². The zero-order valence-electron chi connectivity index (χ0n) is 14.3. The van der Waals surface area contributed by atoms with Gasteiger partial charge in [0.25, 0.3) is 5.91 Å². The van der Waals surface area contributed by atoms with Crippen molar-refractivity contribution in [3.63, 3.8) is 0 Å². The van der Waals surface area contributed by atoms with Crippen molar-refractivity contribution in [1.29, 1.82) is 0 Å². The molecule has 0 aliphatic heterocycles. The van der Waals surface area contributed by atoms with Crippen LogP contribution in [-0.2, 0) is 4.79 Å². The second-order valence-corrected chi connectivity index (χ2v) is 5.77. The molecule has 0 bridgehead atoms. The first-order chi connectivity index (χ1) is 12.6. The van der Waals surface area contributed by atoms with E-state index in [-0.39, 0.29) is 11.7 Å². The normalized spacial score (nSPS) is 11.5. The molecular formula is C21H19FN2O2. The summed E-state index contributed by atoms with van der Waals surface area (Å²) < 4.78 is 18.4. The van der Waals surface area contributed by atoms with Crippen molar-refractivity contribution in [1.82, 2.24) is 0 Å². The van der Waals surface area contributed by atoms with E-state index in [4.69, 9.17) is 4.74 Å². The van der Waals surface area contributed by atoms with Gasteiger partial charge < -0.3 is 15.4 Å². The second kappa shape index (κ2) is 8.16. The van der Waals surface area contributed by atoms with Crippen LogP contribution in [0.1, 0.15) is 6.92 Å². The molecule has 2 N–H and O–H groups in total. The van der Waals surface area contributed by atoms with Crippen LogP contribution < -0.4 is 15.4 Å². The minimum Gasteiger partial charge on any atom is -0.481 e. The highest BCUT2D eigenvalue weighted by molar-refractivity contribution is 5.94. The van der Waals surface area contributed by atoms with E-state index >= 15 is 0 Å². The molecule has 3 rings (SSSR count). The molecule has 4 nitrogen and oxygen atoms in total. The number of para-hydroxylation sites is 1. The van der Waals surface area contributed by atoms with Crippen LogP contribution in [0.3, 0.4) is 0 Å². The molecule has 1 amide bonds. The van der Waals surface area contributed by atoms with Crippen molar-refractivity contribution < 1.29 is 13.9 Å². The summed E-state index contributed by atoms with van der Waals surface area (Å²) >= 11 is 0. The van der Waals surface area contributed by atoms with Crippen LogP contribution in [0.2, 0.25) is 0 Å². The topological polar surface area (TPSA) is 50.4 Å². The van der Waals surface area contributed by atoms with Crippen molar-refractivity contribution in [2.75, 3.05) is 10.6 Å². The molecule has 3 aromatic carbocycles. The number of hydrogen-bond donors (Lipinski definition) is 2. The quantitative estimate of drug-likeness (QED) is 0.659. The second-order valence-electron chi connectivity index (χ2n) is 5.77. The highest BCUT2D eigenvalue weighted by atomic mass is 19.1. The number of anilines is 3. The molecule has 26 heavy (non-hydrogen) atoms. The fraction of sp³-hybridized carbons (Fsp3) is 0.0952. The summed E-state index contributed by atoms with van der Waals surface area (Å²) in [6, 6.07) is 22.8. The van der Waals surface area contributed by atoms with Crippen LogP contribution >= 0.6 is 0 Å². The molecule has 0 saturated heterocycles. The molecule has 0 spiro atoms. The van der Waals surface area contributed by atoms with Gasteiger partial charge in [-0.2, -0.15) is 0 Å². The fourth-order valence-corrected chi connectivity index (χ4v) is 2.34. The summed E-state index contributed by atoms with van der Waals surface area (Å²) in [6.07, 6.45) is -0.706. The van der Waals surface area contributed by atoms with Gasteiger partial charge in [0.2, 0.25) is 0 Å². The molecule has 3 aromatic rings. The third-order valence-electron chi connectivity index (χ3n) is 3.71. The number of amides is 1.